The third kappa shape index (κ3) is 17.5. The maximum Gasteiger partial charge on any atom is 0.412 e. The molecular weight excluding hydrogens is 725 g/mol. The summed E-state index contributed by atoms with van der Waals surface area (Å²) in [6, 6.07) is 14.1. The predicted octanol–water partition coefficient (Wildman–Crippen LogP) is 5.24. The number of nitrogens with zero attached hydrogens (tertiary/aromatic N) is 2. The molecule has 52 heavy (non-hydrogen) atoms. The zero-order chi connectivity index (χ0) is 38.3. The van der Waals surface area contributed by atoms with Crippen molar-refractivity contribution in [3.63, 3.8) is 0 Å². The lowest BCUT2D eigenvalue weighted by Gasteiger charge is -2.20. The highest BCUT2D eigenvalue weighted by molar-refractivity contribution is 8.00. The number of anilines is 3. The lowest BCUT2D eigenvalue weighted by molar-refractivity contribution is -0.385. The van der Waals surface area contributed by atoms with Gasteiger partial charge in [0.15, 0.2) is 0 Å². The fraction of sp³-hybridized carbons (Fsp3) is 0.486. The van der Waals surface area contributed by atoms with E-state index in [0.29, 0.717) is 16.5 Å². The third-order valence-electron chi connectivity index (χ3n) is 6.57. The molecule has 0 spiro atoms. The summed E-state index contributed by atoms with van der Waals surface area (Å²) in [7, 11) is 1.79. The second-order valence-corrected chi connectivity index (χ2v) is 17.4. The molecule has 0 bridgehead atoms. The first kappa shape index (κ1) is 42.5. The number of hydrogen-bond donors (Lipinski definition) is 6. The van der Waals surface area contributed by atoms with Gasteiger partial charge in [-0.15, -0.1) is 10.2 Å². The number of nitrogens with one attached hydrogen (secondary N) is 5. The van der Waals surface area contributed by atoms with Crippen LogP contribution in [0.5, 0.6) is 0 Å². The zero-order valence-corrected chi connectivity index (χ0v) is 33.2. The molecule has 17 heteroatoms. The first-order valence-electron chi connectivity index (χ1n) is 16.8. The summed E-state index contributed by atoms with van der Waals surface area (Å²) in [5.74, 6) is 1.41. The summed E-state index contributed by atoms with van der Waals surface area (Å²) in [6.45, 7) is 10.8. The first-order chi connectivity index (χ1) is 24.5. The molecular formula is C35H51N8O6S3+. The fourth-order valence-electron chi connectivity index (χ4n) is 4.30. The van der Waals surface area contributed by atoms with E-state index in [-0.39, 0.29) is 35.5 Å². The molecule has 284 valence electrons. The van der Waals surface area contributed by atoms with Crippen molar-refractivity contribution in [3.8, 4) is 0 Å². The van der Waals surface area contributed by atoms with Gasteiger partial charge in [-0.05, 0) is 95.5 Å². The molecule has 2 atom stereocenters. The zero-order valence-electron chi connectivity index (χ0n) is 30.8. The Morgan fingerprint density at radius 2 is 1.29 bits per heavy atom. The summed E-state index contributed by atoms with van der Waals surface area (Å²) < 4.78 is 10.5. The molecule has 0 aliphatic rings. The van der Waals surface area contributed by atoms with E-state index >= 15 is 0 Å². The lowest BCUT2D eigenvalue weighted by atomic mass is 10.1. The number of aryl methyl sites for hydroxylation is 1. The summed E-state index contributed by atoms with van der Waals surface area (Å²) >= 11 is 4.70. The van der Waals surface area contributed by atoms with Crippen LogP contribution in [0.4, 0.5) is 26.1 Å². The van der Waals surface area contributed by atoms with E-state index in [0.717, 1.165) is 40.5 Å². The quantitative estimate of drug-likeness (QED) is 0.0774. The van der Waals surface area contributed by atoms with Gasteiger partial charge in [0.1, 0.15) is 27.1 Å². The molecule has 14 nitrogen and oxygen atoms in total. The van der Waals surface area contributed by atoms with Crippen molar-refractivity contribution in [3.05, 3.63) is 64.7 Å². The van der Waals surface area contributed by atoms with Crippen LogP contribution < -0.4 is 32.3 Å². The van der Waals surface area contributed by atoms with Crippen LogP contribution in [0.15, 0.2) is 48.5 Å². The Labute approximate surface area is 317 Å². The van der Waals surface area contributed by atoms with Gasteiger partial charge in [-0.1, -0.05) is 47.4 Å². The normalized spacial score (nSPS) is 12.7. The molecule has 0 aliphatic heterocycles. The standard InChI is InChI=1S/C35H50N8O6S3/c1-34(2,3)48-32(46)38-24-12-8-22(9-13-24)20-27(44)40-30(37-7)51-26(36)16-18-50-19-17-29-42-43-31(52-29)41-28(45)21-23-10-14-25(15-11-23)39-33(47)49-35(4,5)6/h8-15,26,30,37H,16-21,36H2,1-7H3,(H,38,46)(H,39,47)(H,40,44)(H,41,43,45)/p+1. The SMILES string of the molecule is CNC(NC(=O)Cc1ccc(NC(=O)OC(C)(C)C)cc1)SC([NH3+])CCSCCc1nnc(NC(=O)Cc2ccc(NC(=O)OC(C)(C)C)cc2)s1. The number of quaternary nitrogens is 1. The van der Waals surface area contributed by atoms with Crippen LogP contribution in [-0.2, 0) is 38.3 Å². The van der Waals surface area contributed by atoms with Crippen molar-refractivity contribution in [1.82, 2.24) is 20.8 Å². The monoisotopic (exact) mass is 775 g/mol. The van der Waals surface area contributed by atoms with Crippen molar-refractivity contribution in [2.45, 2.75) is 89.3 Å². The molecule has 0 aliphatic carbocycles. The second kappa shape index (κ2) is 20.4. The largest absolute Gasteiger partial charge is 0.444 e. The van der Waals surface area contributed by atoms with Gasteiger partial charge < -0.3 is 25.8 Å². The Kier molecular flexibility index (Phi) is 16.7. The van der Waals surface area contributed by atoms with Crippen molar-refractivity contribution >= 4 is 75.4 Å². The van der Waals surface area contributed by atoms with Gasteiger partial charge in [0, 0.05) is 24.2 Å². The Bertz CT molecular complexity index is 1610. The van der Waals surface area contributed by atoms with Gasteiger partial charge in [-0.2, -0.15) is 11.8 Å². The predicted molar refractivity (Wildman–Crippen MR) is 209 cm³/mol. The molecule has 2 aromatic carbocycles. The maximum atomic E-state index is 12.7. The topological polar surface area (TPSA) is 200 Å². The van der Waals surface area contributed by atoms with Crippen LogP contribution in [0.1, 0.15) is 64.1 Å². The Morgan fingerprint density at radius 3 is 1.79 bits per heavy atom. The minimum atomic E-state index is -0.591. The fourth-order valence-corrected chi connectivity index (χ4v) is 7.30. The molecule has 2 unspecified atom stereocenters. The number of benzene rings is 2. The average molecular weight is 776 g/mol. The summed E-state index contributed by atoms with van der Waals surface area (Å²) in [5, 5.41) is 24.0. The molecule has 0 radical (unpaired) electrons. The van der Waals surface area contributed by atoms with Crippen LogP contribution in [0.3, 0.4) is 0 Å². The second-order valence-electron chi connectivity index (χ2n) is 13.7. The van der Waals surface area contributed by atoms with Gasteiger partial charge >= 0.3 is 12.2 Å². The van der Waals surface area contributed by atoms with Crippen molar-refractivity contribution in [2.75, 3.05) is 34.5 Å². The number of thioether (sulfide) groups is 2. The van der Waals surface area contributed by atoms with E-state index in [1.165, 1.54) is 11.3 Å². The number of ether oxygens (including phenoxy) is 2. The van der Waals surface area contributed by atoms with Gasteiger partial charge in [0.05, 0.1) is 12.8 Å². The number of hydrogen-bond acceptors (Lipinski definition) is 12. The highest BCUT2D eigenvalue weighted by Crippen LogP contribution is 2.20. The number of rotatable bonds is 17. The maximum absolute atomic E-state index is 12.7. The third-order valence-corrected chi connectivity index (χ3v) is 9.73. The first-order valence-corrected chi connectivity index (χ1v) is 19.7. The Balaban J connectivity index is 1.30. The van der Waals surface area contributed by atoms with E-state index in [1.54, 1.807) is 121 Å². The molecule has 0 saturated carbocycles. The molecule has 0 saturated heterocycles. The van der Waals surface area contributed by atoms with Crippen molar-refractivity contribution in [1.29, 1.82) is 0 Å². The van der Waals surface area contributed by atoms with Crippen LogP contribution >= 0.6 is 34.9 Å². The van der Waals surface area contributed by atoms with Gasteiger partial charge in [-0.3, -0.25) is 25.5 Å². The minimum Gasteiger partial charge on any atom is -0.444 e. The van der Waals surface area contributed by atoms with Crippen LogP contribution in [0, 0.1) is 0 Å². The van der Waals surface area contributed by atoms with Gasteiger partial charge in [0.2, 0.25) is 16.9 Å². The minimum absolute atomic E-state index is 0.0595. The molecule has 0 fully saturated rings. The van der Waals surface area contributed by atoms with Crippen molar-refractivity contribution in [2.24, 2.45) is 0 Å². The van der Waals surface area contributed by atoms with E-state index in [2.05, 4.69) is 42.5 Å². The lowest BCUT2D eigenvalue weighted by Crippen LogP contribution is -2.61. The van der Waals surface area contributed by atoms with Crippen molar-refractivity contribution < 1.29 is 34.4 Å². The van der Waals surface area contributed by atoms with Gasteiger partial charge in [-0.25, -0.2) is 9.59 Å². The smallest absolute Gasteiger partial charge is 0.412 e. The Hall–Kier alpha value is -3.90. The van der Waals surface area contributed by atoms with E-state index in [1.807, 2.05) is 0 Å². The number of aromatic nitrogens is 2. The molecule has 1 aromatic heterocycles. The average Bonchev–Trinajstić information content (AvgIpc) is 3.47. The van der Waals surface area contributed by atoms with Crippen LogP contribution in [0.2, 0.25) is 0 Å². The van der Waals surface area contributed by atoms with Gasteiger partial charge in [0.25, 0.3) is 0 Å². The molecule has 3 rings (SSSR count). The number of carbonyl (C=O) groups excluding carboxylic acids is 4. The number of carbonyl (C=O) groups is 4. The van der Waals surface area contributed by atoms with E-state index in [9.17, 15) is 19.2 Å². The Morgan fingerprint density at radius 1 is 0.769 bits per heavy atom. The molecule has 8 N–H and O–H groups in total. The van der Waals surface area contributed by atoms with E-state index in [4.69, 9.17) is 9.47 Å². The van der Waals surface area contributed by atoms with Crippen LogP contribution in [-0.4, -0.2) is 74.8 Å². The van der Waals surface area contributed by atoms with E-state index < -0.39 is 23.4 Å². The highest BCUT2D eigenvalue weighted by Gasteiger charge is 2.19. The highest BCUT2D eigenvalue weighted by atomic mass is 32.2. The molecule has 3 aromatic rings. The summed E-state index contributed by atoms with van der Waals surface area (Å²) in [6.07, 6.45) is 0.867. The summed E-state index contributed by atoms with van der Waals surface area (Å²) in [5.41, 5.74) is 5.55. The molecule has 4 amide bonds. The van der Waals surface area contributed by atoms with Crippen LogP contribution in [0.25, 0.3) is 0 Å². The summed E-state index contributed by atoms with van der Waals surface area (Å²) in [4.78, 5) is 49.2. The molecule has 1 heterocycles. The number of amides is 4.